The van der Waals surface area contributed by atoms with E-state index in [-0.39, 0.29) is 17.4 Å². The molecule has 2 heterocycles. The minimum absolute atomic E-state index is 0.105. The van der Waals surface area contributed by atoms with Gasteiger partial charge in [-0.05, 0) is 30.4 Å². The van der Waals surface area contributed by atoms with Gasteiger partial charge in [-0.3, -0.25) is 4.79 Å². The Kier molecular flexibility index (Phi) is 3.41. The van der Waals surface area contributed by atoms with Crippen LogP contribution < -0.4 is 0 Å². The van der Waals surface area contributed by atoms with Crippen molar-refractivity contribution in [2.24, 2.45) is 11.8 Å². The van der Waals surface area contributed by atoms with Crippen LogP contribution in [-0.2, 0) is 0 Å². The molecule has 0 aromatic carbocycles. The van der Waals surface area contributed by atoms with Gasteiger partial charge in [0.1, 0.15) is 0 Å². The summed E-state index contributed by atoms with van der Waals surface area (Å²) in [7, 11) is 0. The van der Waals surface area contributed by atoms with Gasteiger partial charge < -0.3 is 14.4 Å². The maximum atomic E-state index is 12.2. The van der Waals surface area contributed by atoms with Crippen LogP contribution in [-0.4, -0.2) is 35.0 Å². The monoisotopic (exact) mass is 251 g/mol. The van der Waals surface area contributed by atoms with Gasteiger partial charge in [0.15, 0.2) is 5.76 Å². The van der Waals surface area contributed by atoms with Crippen molar-refractivity contribution in [1.29, 1.82) is 0 Å². The number of piperidine rings is 1. The molecule has 1 fully saturated rings. The number of carboxylic acids is 1. The molecule has 1 N–H and O–H groups in total. The molecular weight excluding hydrogens is 234 g/mol. The van der Waals surface area contributed by atoms with E-state index in [4.69, 9.17) is 9.52 Å². The van der Waals surface area contributed by atoms with Gasteiger partial charge in [0, 0.05) is 13.1 Å². The van der Waals surface area contributed by atoms with Gasteiger partial charge in [-0.25, -0.2) is 4.79 Å². The smallest absolute Gasteiger partial charge is 0.371 e. The molecule has 5 nitrogen and oxygen atoms in total. The van der Waals surface area contributed by atoms with Crippen molar-refractivity contribution >= 4 is 11.9 Å². The number of hydrogen-bond donors (Lipinski definition) is 1. The van der Waals surface area contributed by atoms with Crippen LogP contribution in [0.1, 0.15) is 41.4 Å². The highest BCUT2D eigenvalue weighted by Crippen LogP contribution is 2.23. The van der Waals surface area contributed by atoms with Gasteiger partial charge in [0.05, 0.1) is 0 Å². The fourth-order valence-corrected chi connectivity index (χ4v) is 2.55. The van der Waals surface area contributed by atoms with Gasteiger partial charge in [0.2, 0.25) is 5.76 Å². The van der Waals surface area contributed by atoms with E-state index in [1.54, 1.807) is 4.90 Å². The number of carbonyl (C=O) groups is 2. The first-order chi connectivity index (χ1) is 8.47. The third kappa shape index (κ3) is 2.55. The first-order valence-corrected chi connectivity index (χ1v) is 6.09. The van der Waals surface area contributed by atoms with Crippen LogP contribution in [0.5, 0.6) is 0 Å². The lowest BCUT2D eigenvalue weighted by molar-refractivity contribution is 0.0579. The Labute approximate surface area is 105 Å². The maximum Gasteiger partial charge on any atom is 0.371 e. The first-order valence-electron chi connectivity index (χ1n) is 6.09. The van der Waals surface area contributed by atoms with Crippen LogP contribution in [0, 0.1) is 11.8 Å². The SMILES string of the molecule is CC1CC(C)CN(C(=O)c2ccc(C(=O)O)o2)C1. The number of rotatable bonds is 2. The van der Waals surface area contributed by atoms with E-state index in [2.05, 4.69) is 13.8 Å². The Hall–Kier alpha value is -1.78. The van der Waals surface area contributed by atoms with Crippen LogP contribution in [0.15, 0.2) is 16.5 Å². The van der Waals surface area contributed by atoms with E-state index >= 15 is 0 Å². The quantitative estimate of drug-likeness (QED) is 0.873. The minimum Gasteiger partial charge on any atom is -0.475 e. The number of carbonyl (C=O) groups excluding carboxylic acids is 1. The molecule has 0 aliphatic carbocycles. The summed E-state index contributed by atoms with van der Waals surface area (Å²) in [6, 6.07) is 2.74. The van der Waals surface area contributed by atoms with Gasteiger partial charge in [-0.15, -0.1) is 0 Å². The van der Waals surface area contributed by atoms with Crippen LogP contribution in [0.4, 0.5) is 0 Å². The number of nitrogens with zero attached hydrogens (tertiary/aromatic N) is 1. The molecule has 2 rings (SSSR count). The molecule has 0 radical (unpaired) electrons. The summed E-state index contributed by atoms with van der Waals surface area (Å²) >= 11 is 0. The molecule has 2 atom stereocenters. The number of furan rings is 1. The zero-order valence-corrected chi connectivity index (χ0v) is 10.5. The number of carboxylic acid groups (broad SMARTS) is 1. The van der Waals surface area contributed by atoms with E-state index in [1.165, 1.54) is 12.1 Å². The topological polar surface area (TPSA) is 70.8 Å². The average molecular weight is 251 g/mol. The Balaban J connectivity index is 2.12. The second kappa shape index (κ2) is 4.84. The van der Waals surface area contributed by atoms with E-state index in [0.29, 0.717) is 24.9 Å². The van der Waals surface area contributed by atoms with Crippen LogP contribution in [0.25, 0.3) is 0 Å². The average Bonchev–Trinajstić information content (AvgIpc) is 2.75. The van der Waals surface area contributed by atoms with Crippen molar-refractivity contribution in [3.63, 3.8) is 0 Å². The summed E-state index contributed by atoms with van der Waals surface area (Å²) < 4.78 is 5.04. The maximum absolute atomic E-state index is 12.2. The highest BCUT2D eigenvalue weighted by Gasteiger charge is 2.28. The molecule has 1 saturated heterocycles. The predicted molar refractivity (Wildman–Crippen MR) is 64.5 cm³/mol. The Morgan fingerprint density at radius 1 is 1.22 bits per heavy atom. The van der Waals surface area contributed by atoms with Gasteiger partial charge in [0.25, 0.3) is 5.91 Å². The van der Waals surface area contributed by atoms with Gasteiger partial charge >= 0.3 is 5.97 Å². The number of likely N-dealkylation sites (tertiary alicyclic amines) is 1. The van der Waals surface area contributed by atoms with Crippen molar-refractivity contribution in [3.05, 3.63) is 23.7 Å². The van der Waals surface area contributed by atoms with Crippen molar-refractivity contribution in [1.82, 2.24) is 4.90 Å². The minimum atomic E-state index is -1.16. The van der Waals surface area contributed by atoms with E-state index in [9.17, 15) is 9.59 Å². The Morgan fingerprint density at radius 3 is 2.28 bits per heavy atom. The molecule has 98 valence electrons. The molecule has 0 spiro atoms. The largest absolute Gasteiger partial charge is 0.475 e. The molecule has 1 aliphatic heterocycles. The van der Waals surface area contributed by atoms with Crippen molar-refractivity contribution in [3.8, 4) is 0 Å². The molecule has 5 heteroatoms. The summed E-state index contributed by atoms with van der Waals surface area (Å²) in [4.78, 5) is 24.6. The van der Waals surface area contributed by atoms with Crippen LogP contribution in [0.3, 0.4) is 0 Å². The fraction of sp³-hybridized carbons (Fsp3) is 0.538. The summed E-state index contributed by atoms with van der Waals surface area (Å²) in [6.07, 6.45) is 1.11. The summed E-state index contributed by atoms with van der Waals surface area (Å²) in [6.45, 7) is 5.63. The lowest BCUT2D eigenvalue weighted by Gasteiger charge is -2.34. The predicted octanol–water partition coefficient (Wildman–Crippen LogP) is 2.10. The molecule has 0 saturated carbocycles. The zero-order chi connectivity index (χ0) is 13.3. The molecule has 18 heavy (non-hydrogen) atoms. The van der Waals surface area contributed by atoms with E-state index in [0.717, 1.165) is 6.42 Å². The van der Waals surface area contributed by atoms with Crippen LogP contribution >= 0.6 is 0 Å². The van der Waals surface area contributed by atoms with Gasteiger partial charge in [-0.1, -0.05) is 13.8 Å². The second-order valence-corrected chi connectivity index (χ2v) is 5.13. The molecule has 1 aromatic rings. The van der Waals surface area contributed by atoms with Crippen molar-refractivity contribution in [2.75, 3.05) is 13.1 Å². The normalized spacial score (nSPS) is 24.0. The molecule has 0 bridgehead atoms. The summed E-state index contributed by atoms with van der Waals surface area (Å²) in [5.74, 6) is -0.543. The zero-order valence-electron chi connectivity index (χ0n) is 10.5. The van der Waals surface area contributed by atoms with Gasteiger partial charge in [-0.2, -0.15) is 0 Å². The Morgan fingerprint density at radius 2 is 1.78 bits per heavy atom. The Bertz CT molecular complexity index is 455. The number of hydrogen-bond acceptors (Lipinski definition) is 3. The number of aromatic carboxylic acids is 1. The highest BCUT2D eigenvalue weighted by molar-refractivity contribution is 5.93. The second-order valence-electron chi connectivity index (χ2n) is 5.13. The van der Waals surface area contributed by atoms with E-state index in [1.807, 2.05) is 0 Å². The van der Waals surface area contributed by atoms with Crippen LogP contribution in [0.2, 0.25) is 0 Å². The molecule has 1 aromatic heterocycles. The first kappa shape index (κ1) is 12.7. The summed E-state index contributed by atoms with van der Waals surface area (Å²) in [5, 5.41) is 8.76. The van der Waals surface area contributed by atoms with Crippen molar-refractivity contribution < 1.29 is 19.1 Å². The molecule has 2 unspecified atom stereocenters. The third-order valence-corrected chi connectivity index (χ3v) is 3.18. The number of amides is 1. The summed E-state index contributed by atoms with van der Waals surface area (Å²) in [5.41, 5.74) is 0. The fourth-order valence-electron chi connectivity index (χ4n) is 2.55. The molecule has 1 amide bonds. The highest BCUT2D eigenvalue weighted by atomic mass is 16.4. The molecule has 1 aliphatic rings. The van der Waals surface area contributed by atoms with E-state index < -0.39 is 5.97 Å². The lowest BCUT2D eigenvalue weighted by atomic mass is 9.92. The third-order valence-electron chi connectivity index (χ3n) is 3.18. The van der Waals surface area contributed by atoms with Crippen molar-refractivity contribution in [2.45, 2.75) is 20.3 Å². The molecular formula is C13H17NO4. The standard InChI is InChI=1S/C13H17NO4/c1-8-5-9(2)7-14(6-8)12(15)10-3-4-11(18-10)13(16)17/h3-4,8-9H,5-7H2,1-2H3,(H,16,17). The lowest BCUT2D eigenvalue weighted by Crippen LogP contribution is -2.42.